The highest BCUT2D eigenvalue weighted by atomic mass is 32.1. The zero-order valence-electron chi connectivity index (χ0n) is 18.8. The highest BCUT2D eigenvalue weighted by Gasteiger charge is 2.38. The van der Waals surface area contributed by atoms with Crippen molar-refractivity contribution in [2.75, 3.05) is 24.8 Å². The monoisotopic (exact) mass is 476 g/mol. The van der Waals surface area contributed by atoms with Crippen LogP contribution in [-0.2, 0) is 9.53 Å². The molecule has 0 bridgehead atoms. The SMILES string of the molecule is C=CCOC(=O)C1=C(C)Nc2sc(C(=O)c3ccccc3)c(N)c2[C@@H]1c1ccc(O)c(OC)c1. The Hall–Kier alpha value is -4.04. The van der Waals surface area contributed by atoms with Crippen molar-refractivity contribution in [3.05, 3.63) is 94.0 Å². The summed E-state index contributed by atoms with van der Waals surface area (Å²) in [5, 5.41) is 14.0. The Kier molecular flexibility index (Phi) is 6.43. The fourth-order valence-corrected chi connectivity index (χ4v) is 5.19. The van der Waals surface area contributed by atoms with Crippen molar-refractivity contribution in [1.29, 1.82) is 0 Å². The number of methoxy groups -OCH3 is 1. The lowest BCUT2D eigenvalue weighted by Gasteiger charge is -2.28. The van der Waals surface area contributed by atoms with Crippen molar-refractivity contribution in [1.82, 2.24) is 0 Å². The van der Waals surface area contributed by atoms with E-state index in [4.69, 9.17) is 15.2 Å². The molecule has 3 aromatic rings. The van der Waals surface area contributed by atoms with E-state index in [1.54, 1.807) is 43.3 Å². The van der Waals surface area contributed by atoms with Gasteiger partial charge in [0.2, 0.25) is 5.78 Å². The number of rotatable bonds is 7. The molecule has 0 saturated heterocycles. The number of hydrogen-bond acceptors (Lipinski definition) is 8. The van der Waals surface area contributed by atoms with Gasteiger partial charge in [0.15, 0.2) is 11.5 Å². The van der Waals surface area contributed by atoms with Crippen LogP contribution in [0.4, 0.5) is 10.7 Å². The van der Waals surface area contributed by atoms with Gasteiger partial charge in [0, 0.05) is 22.7 Å². The first kappa shape index (κ1) is 23.1. The Morgan fingerprint density at radius 3 is 2.65 bits per heavy atom. The number of allylic oxidation sites excluding steroid dienone is 1. The van der Waals surface area contributed by atoms with E-state index >= 15 is 0 Å². The molecule has 2 aromatic carbocycles. The molecule has 0 spiro atoms. The number of carbonyl (C=O) groups is 2. The van der Waals surface area contributed by atoms with Crippen LogP contribution in [0.1, 0.15) is 39.2 Å². The number of ether oxygens (including phenoxy) is 2. The van der Waals surface area contributed by atoms with Crippen LogP contribution in [0.25, 0.3) is 0 Å². The molecule has 4 rings (SSSR count). The first-order chi connectivity index (χ1) is 16.4. The van der Waals surface area contributed by atoms with Gasteiger partial charge in [-0.25, -0.2) is 4.79 Å². The van der Waals surface area contributed by atoms with E-state index in [0.717, 1.165) is 0 Å². The molecule has 174 valence electrons. The van der Waals surface area contributed by atoms with Crippen molar-refractivity contribution in [2.24, 2.45) is 0 Å². The number of nitrogen functional groups attached to an aromatic ring is 1. The van der Waals surface area contributed by atoms with Crippen molar-refractivity contribution in [2.45, 2.75) is 12.8 Å². The van der Waals surface area contributed by atoms with Crippen molar-refractivity contribution in [3.63, 3.8) is 0 Å². The Morgan fingerprint density at radius 2 is 1.97 bits per heavy atom. The number of fused-ring (bicyclic) bond motifs is 1. The standard InChI is InChI=1S/C26H24N2O5S/c1-4-12-33-26(31)19-14(2)28-25-21(20(19)16-10-11-17(29)18(13-16)32-3)22(27)24(34-25)23(30)15-8-6-5-7-9-15/h4-11,13,20,28-29H,1,12,27H2,2-3H3/t20-/m1/s1. The van der Waals surface area contributed by atoms with Crippen LogP contribution >= 0.6 is 11.3 Å². The smallest absolute Gasteiger partial charge is 0.337 e. The molecule has 1 aromatic heterocycles. The third-order valence-electron chi connectivity index (χ3n) is 5.60. The van der Waals surface area contributed by atoms with E-state index in [1.807, 2.05) is 6.07 Å². The number of carbonyl (C=O) groups excluding carboxylic acids is 2. The zero-order valence-corrected chi connectivity index (χ0v) is 19.6. The Balaban J connectivity index is 1.90. The second kappa shape index (κ2) is 9.44. The molecule has 2 heterocycles. The Bertz CT molecular complexity index is 1310. The van der Waals surface area contributed by atoms with Gasteiger partial charge >= 0.3 is 5.97 Å². The molecule has 0 unspecified atom stereocenters. The molecular formula is C26H24N2O5S. The van der Waals surface area contributed by atoms with Gasteiger partial charge in [-0.1, -0.05) is 49.1 Å². The van der Waals surface area contributed by atoms with Gasteiger partial charge in [-0.2, -0.15) is 0 Å². The molecule has 0 radical (unpaired) electrons. The molecule has 8 heteroatoms. The third kappa shape index (κ3) is 4.04. The lowest BCUT2D eigenvalue weighted by molar-refractivity contribution is -0.138. The predicted octanol–water partition coefficient (Wildman–Crippen LogP) is 4.84. The lowest BCUT2D eigenvalue weighted by Crippen LogP contribution is -2.24. The largest absolute Gasteiger partial charge is 0.504 e. The quantitative estimate of drug-likeness (QED) is 0.254. The van der Waals surface area contributed by atoms with Crippen LogP contribution in [0.2, 0.25) is 0 Å². The average Bonchev–Trinajstić information content (AvgIpc) is 3.17. The number of aromatic hydroxyl groups is 1. The highest BCUT2D eigenvalue weighted by Crippen LogP contribution is 2.51. The van der Waals surface area contributed by atoms with E-state index in [9.17, 15) is 14.7 Å². The number of benzene rings is 2. The summed E-state index contributed by atoms with van der Waals surface area (Å²) in [6.07, 6.45) is 1.49. The predicted molar refractivity (Wildman–Crippen MR) is 133 cm³/mol. The van der Waals surface area contributed by atoms with Gasteiger partial charge in [-0.05, 0) is 24.6 Å². The summed E-state index contributed by atoms with van der Waals surface area (Å²) >= 11 is 1.24. The molecule has 1 atom stereocenters. The van der Waals surface area contributed by atoms with Crippen LogP contribution in [0.3, 0.4) is 0 Å². The third-order valence-corrected chi connectivity index (χ3v) is 6.73. The number of nitrogens with two attached hydrogens (primary N) is 1. The van der Waals surface area contributed by atoms with Crippen LogP contribution in [-0.4, -0.2) is 30.6 Å². The molecule has 4 N–H and O–H groups in total. The molecule has 1 aliphatic rings. The Morgan fingerprint density at radius 1 is 1.24 bits per heavy atom. The second-order valence-corrected chi connectivity index (χ2v) is 8.72. The van der Waals surface area contributed by atoms with Crippen LogP contribution < -0.4 is 15.8 Å². The Labute approximate surface area is 201 Å². The molecule has 1 aliphatic heterocycles. The van der Waals surface area contributed by atoms with Gasteiger partial charge in [-0.15, -0.1) is 11.3 Å². The lowest BCUT2D eigenvalue weighted by atomic mass is 9.81. The molecule has 0 amide bonds. The van der Waals surface area contributed by atoms with Crippen LogP contribution in [0, 0.1) is 0 Å². The second-order valence-electron chi connectivity index (χ2n) is 7.70. The van der Waals surface area contributed by atoms with Crippen molar-refractivity contribution in [3.8, 4) is 11.5 Å². The average molecular weight is 477 g/mol. The fourth-order valence-electron chi connectivity index (χ4n) is 4.01. The highest BCUT2D eigenvalue weighted by molar-refractivity contribution is 7.19. The normalized spacial score (nSPS) is 14.7. The zero-order chi connectivity index (χ0) is 24.4. The molecule has 0 fully saturated rings. The summed E-state index contributed by atoms with van der Waals surface area (Å²) in [5.41, 5.74) is 9.58. The summed E-state index contributed by atoms with van der Waals surface area (Å²) in [4.78, 5) is 26.7. The molecule has 0 saturated carbocycles. The van der Waals surface area contributed by atoms with Gasteiger partial charge in [-0.3, -0.25) is 4.79 Å². The topological polar surface area (TPSA) is 111 Å². The number of thiophene rings is 1. The van der Waals surface area contributed by atoms with Crippen molar-refractivity contribution < 1.29 is 24.2 Å². The molecule has 34 heavy (non-hydrogen) atoms. The maximum Gasteiger partial charge on any atom is 0.337 e. The van der Waals surface area contributed by atoms with E-state index < -0.39 is 11.9 Å². The summed E-state index contributed by atoms with van der Waals surface area (Å²) in [7, 11) is 1.45. The summed E-state index contributed by atoms with van der Waals surface area (Å²) in [6, 6.07) is 13.7. The number of phenolic OH excluding ortho intramolecular Hbond substituents is 1. The minimum Gasteiger partial charge on any atom is -0.504 e. The summed E-state index contributed by atoms with van der Waals surface area (Å²) < 4.78 is 10.7. The summed E-state index contributed by atoms with van der Waals surface area (Å²) in [6.45, 7) is 5.42. The number of anilines is 2. The molecule has 7 nitrogen and oxygen atoms in total. The van der Waals surface area contributed by atoms with E-state index in [2.05, 4.69) is 11.9 Å². The van der Waals surface area contributed by atoms with Gasteiger partial charge < -0.3 is 25.6 Å². The van der Waals surface area contributed by atoms with E-state index in [-0.39, 0.29) is 23.9 Å². The molecular weight excluding hydrogens is 452 g/mol. The van der Waals surface area contributed by atoms with Crippen LogP contribution in [0.5, 0.6) is 11.5 Å². The van der Waals surface area contributed by atoms with E-state index in [1.165, 1.54) is 30.6 Å². The maximum atomic E-state index is 13.2. The van der Waals surface area contributed by atoms with E-state index in [0.29, 0.717) is 43.5 Å². The van der Waals surface area contributed by atoms with Gasteiger partial charge in [0.25, 0.3) is 0 Å². The first-order valence-corrected chi connectivity index (χ1v) is 11.3. The number of esters is 1. The summed E-state index contributed by atoms with van der Waals surface area (Å²) in [5.74, 6) is -1.15. The van der Waals surface area contributed by atoms with Gasteiger partial charge in [0.1, 0.15) is 11.5 Å². The minimum atomic E-state index is -0.642. The first-order valence-electron chi connectivity index (χ1n) is 10.5. The molecule has 0 aliphatic carbocycles. The number of nitrogens with one attached hydrogen (secondary N) is 1. The fraction of sp³-hybridized carbons (Fsp3) is 0.154. The van der Waals surface area contributed by atoms with Gasteiger partial charge in [0.05, 0.1) is 23.4 Å². The number of ketones is 1. The van der Waals surface area contributed by atoms with Crippen LogP contribution in [0.15, 0.2) is 72.5 Å². The maximum absolute atomic E-state index is 13.2. The number of phenols is 1. The van der Waals surface area contributed by atoms with Crippen molar-refractivity contribution >= 4 is 33.8 Å². The minimum absolute atomic E-state index is 0.0323. The number of hydrogen-bond donors (Lipinski definition) is 3.